The predicted octanol–water partition coefficient (Wildman–Crippen LogP) is 2.72. The number of hydrogen-bond acceptors (Lipinski definition) is 4. The van der Waals surface area contributed by atoms with Crippen molar-refractivity contribution in [3.05, 3.63) is 70.8 Å². The quantitative estimate of drug-likeness (QED) is 0.690. The average molecular weight is 448 g/mol. The molecule has 7 heteroatoms. The van der Waals surface area contributed by atoms with Crippen molar-refractivity contribution >= 4 is 23.6 Å². The van der Waals surface area contributed by atoms with Crippen LogP contribution in [0.25, 0.3) is 0 Å². The summed E-state index contributed by atoms with van der Waals surface area (Å²) < 4.78 is 0. The fourth-order valence-corrected chi connectivity index (χ4v) is 4.49. The Labute approximate surface area is 193 Å². The van der Waals surface area contributed by atoms with Crippen LogP contribution in [0.15, 0.2) is 48.5 Å². The van der Waals surface area contributed by atoms with Crippen LogP contribution in [0.1, 0.15) is 58.0 Å². The van der Waals surface area contributed by atoms with E-state index in [1.54, 1.807) is 36.1 Å². The van der Waals surface area contributed by atoms with Crippen molar-refractivity contribution in [3.63, 3.8) is 0 Å². The van der Waals surface area contributed by atoms with Crippen LogP contribution >= 0.6 is 0 Å². The van der Waals surface area contributed by atoms with Gasteiger partial charge in [-0.1, -0.05) is 42.0 Å². The van der Waals surface area contributed by atoms with Gasteiger partial charge >= 0.3 is 0 Å². The molecule has 1 unspecified atom stereocenters. The summed E-state index contributed by atoms with van der Waals surface area (Å²) in [5.74, 6) is -1.08. The number of hydrogen-bond donors (Lipinski definition) is 1. The maximum atomic E-state index is 13.0. The summed E-state index contributed by atoms with van der Waals surface area (Å²) in [7, 11) is 0. The minimum absolute atomic E-state index is 0.0137. The van der Waals surface area contributed by atoms with E-state index in [2.05, 4.69) is 5.32 Å². The van der Waals surface area contributed by atoms with Crippen molar-refractivity contribution in [3.8, 4) is 0 Å². The van der Waals surface area contributed by atoms with Gasteiger partial charge in [-0.25, -0.2) is 0 Å². The molecule has 1 saturated heterocycles. The summed E-state index contributed by atoms with van der Waals surface area (Å²) in [4.78, 5) is 53.5. The van der Waals surface area contributed by atoms with Crippen molar-refractivity contribution in [2.45, 2.75) is 51.6 Å². The van der Waals surface area contributed by atoms with Crippen molar-refractivity contribution < 1.29 is 19.2 Å². The van der Waals surface area contributed by atoms with E-state index < -0.39 is 17.9 Å². The van der Waals surface area contributed by atoms with E-state index in [9.17, 15) is 19.2 Å². The summed E-state index contributed by atoms with van der Waals surface area (Å²) >= 11 is 0. The summed E-state index contributed by atoms with van der Waals surface area (Å²) in [6, 6.07) is 14.0. The summed E-state index contributed by atoms with van der Waals surface area (Å²) in [5, 5.41) is 3.07. The van der Waals surface area contributed by atoms with E-state index in [0.717, 1.165) is 10.5 Å². The number of carbonyl (C=O) groups excluding carboxylic acids is 4. The minimum atomic E-state index is -0.863. The Kier molecular flexibility index (Phi) is 6.58. The Morgan fingerprint density at radius 2 is 1.55 bits per heavy atom. The molecule has 1 fully saturated rings. The van der Waals surface area contributed by atoms with Gasteiger partial charge in [-0.05, 0) is 50.8 Å². The van der Waals surface area contributed by atoms with E-state index >= 15 is 0 Å². The smallest absolute Gasteiger partial charge is 0.262 e. The summed E-state index contributed by atoms with van der Waals surface area (Å²) in [5.41, 5.74) is 3.02. The third kappa shape index (κ3) is 4.82. The predicted molar refractivity (Wildman–Crippen MR) is 124 cm³/mol. The van der Waals surface area contributed by atoms with E-state index in [0.29, 0.717) is 49.9 Å². The second-order valence-electron chi connectivity index (χ2n) is 8.85. The van der Waals surface area contributed by atoms with Crippen molar-refractivity contribution in [1.82, 2.24) is 15.1 Å². The molecule has 7 nitrogen and oxygen atoms in total. The molecule has 2 aliphatic heterocycles. The molecule has 0 radical (unpaired) electrons. The second kappa shape index (κ2) is 9.57. The number of rotatable bonds is 6. The van der Waals surface area contributed by atoms with Gasteiger partial charge in [0, 0.05) is 25.6 Å². The van der Waals surface area contributed by atoms with Crippen LogP contribution in [-0.2, 0) is 16.0 Å². The number of nitrogens with one attached hydrogen (secondary N) is 1. The molecule has 33 heavy (non-hydrogen) atoms. The Hall–Kier alpha value is -3.48. The molecule has 0 aromatic heterocycles. The molecule has 0 bridgehead atoms. The molecule has 172 valence electrons. The van der Waals surface area contributed by atoms with Gasteiger partial charge in [0.1, 0.15) is 6.04 Å². The maximum Gasteiger partial charge on any atom is 0.262 e. The highest BCUT2D eigenvalue weighted by Crippen LogP contribution is 2.25. The van der Waals surface area contributed by atoms with Gasteiger partial charge < -0.3 is 10.2 Å². The summed E-state index contributed by atoms with van der Waals surface area (Å²) in [6.07, 6.45) is 2.42. The van der Waals surface area contributed by atoms with Crippen LogP contribution in [0, 0.1) is 6.92 Å². The first-order chi connectivity index (χ1) is 15.8. The van der Waals surface area contributed by atoms with Gasteiger partial charge in [-0.3, -0.25) is 24.1 Å². The molecular weight excluding hydrogens is 418 g/mol. The SMILES string of the molecule is Cc1ccc(CCC(=O)NC2CCN(C(=O)C(C)N3C(=O)c4ccccc4C3=O)CC2)cc1. The molecule has 4 rings (SSSR count). The van der Waals surface area contributed by atoms with Gasteiger partial charge in [0.2, 0.25) is 11.8 Å². The van der Waals surface area contributed by atoms with Crippen LogP contribution in [0.5, 0.6) is 0 Å². The molecule has 4 amide bonds. The van der Waals surface area contributed by atoms with Crippen LogP contribution in [0.3, 0.4) is 0 Å². The normalized spacial score (nSPS) is 17.2. The number of likely N-dealkylation sites (tertiary alicyclic amines) is 1. The highest BCUT2D eigenvalue weighted by molar-refractivity contribution is 6.22. The first-order valence-electron chi connectivity index (χ1n) is 11.5. The largest absolute Gasteiger partial charge is 0.353 e. The lowest BCUT2D eigenvalue weighted by Crippen LogP contribution is -2.53. The van der Waals surface area contributed by atoms with Crippen LogP contribution in [0.4, 0.5) is 0 Å². The zero-order valence-corrected chi connectivity index (χ0v) is 19.0. The Bertz CT molecular complexity index is 1040. The van der Waals surface area contributed by atoms with Crippen LogP contribution in [-0.4, -0.2) is 58.6 Å². The van der Waals surface area contributed by atoms with E-state index in [4.69, 9.17) is 0 Å². The maximum absolute atomic E-state index is 13.0. The van der Waals surface area contributed by atoms with E-state index in [-0.39, 0.29) is 17.9 Å². The van der Waals surface area contributed by atoms with Gasteiger partial charge in [-0.2, -0.15) is 0 Å². The topological polar surface area (TPSA) is 86.8 Å². The molecule has 2 aromatic carbocycles. The number of fused-ring (bicyclic) bond motifs is 1. The van der Waals surface area contributed by atoms with Crippen molar-refractivity contribution in [1.29, 1.82) is 0 Å². The van der Waals surface area contributed by atoms with Crippen molar-refractivity contribution in [2.24, 2.45) is 0 Å². The van der Waals surface area contributed by atoms with Crippen molar-refractivity contribution in [2.75, 3.05) is 13.1 Å². The molecule has 0 saturated carbocycles. The van der Waals surface area contributed by atoms with Gasteiger partial charge in [-0.15, -0.1) is 0 Å². The standard InChI is InChI=1S/C26H29N3O4/c1-17-7-9-19(10-8-17)11-12-23(30)27-20-13-15-28(16-14-20)24(31)18(2)29-25(32)21-5-3-4-6-22(21)26(29)33/h3-10,18,20H,11-16H2,1-2H3,(H,27,30). The fourth-order valence-electron chi connectivity index (χ4n) is 4.49. The Morgan fingerprint density at radius 1 is 0.970 bits per heavy atom. The minimum Gasteiger partial charge on any atom is -0.353 e. The van der Waals surface area contributed by atoms with Crippen LogP contribution < -0.4 is 5.32 Å². The highest BCUT2D eigenvalue weighted by Gasteiger charge is 2.42. The fraction of sp³-hybridized carbons (Fsp3) is 0.385. The average Bonchev–Trinajstić information content (AvgIpc) is 3.08. The molecule has 0 aliphatic carbocycles. The van der Waals surface area contributed by atoms with E-state index in [1.165, 1.54) is 5.56 Å². The highest BCUT2D eigenvalue weighted by atomic mass is 16.2. The molecule has 2 aliphatic rings. The zero-order valence-electron chi connectivity index (χ0n) is 19.0. The number of amides is 4. The Morgan fingerprint density at radius 3 is 2.12 bits per heavy atom. The zero-order chi connectivity index (χ0) is 23.5. The lowest BCUT2D eigenvalue weighted by Gasteiger charge is -2.35. The number of nitrogens with zero attached hydrogens (tertiary/aromatic N) is 2. The summed E-state index contributed by atoms with van der Waals surface area (Å²) in [6.45, 7) is 4.60. The lowest BCUT2D eigenvalue weighted by molar-refractivity contribution is -0.136. The van der Waals surface area contributed by atoms with Gasteiger partial charge in [0.25, 0.3) is 11.8 Å². The molecular formula is C26H29N3O4. The third-order valence-corrected chi connectivity index (χ3v) is 6.50. The molecule has 2 aromatic rings. The first kappa shape index (κ1) is 22.7. The van der Waals surface area contributed by atoms with Crippen LogP contribution in [0.2, 0.25) is 0 Å². The lowest BCUT2D eigenvalue weighted by atomic mass is 10.0. The molecule has 2 heterocycles. The monoisotopic (exact) mass is 447 g/mol. The second-order valence-corrected chi connectivity index (χ2v) is 8.85. The van der Waals surface area contributed by atoms with Gasteiger partial charge in [0.05, 0.1) is 11.1 Å². The first-order valence-corrected chi connectivity index (χ1v) is 11.5. The molecule has 0 spiro atoms. The molecule has 1 N–H and O–H groups in total. The number of carbonyl (C=O) groups is 4. The Balaban J connectivity index is 1.26. The van der Waals surface area contributed by atoms with E-state index in [1.807, 2.05) is 31.2 Å². The number of benzene rings is 2. The number of imide groups is 1. The molecule has 1 atom stereocenters. The third-order valence-electron chi connectivity index (χ3n) is 6.50. The van der Waals surface area contributed by atoms with Gasteiger partial charge in [0.15, 0.2) is 0 Å². The number of piperidine rings is 1. The number of aryl methyl sites for hydroxylation is 2.